The summed E-state index contributed by atoms with van der Waals surface area (Å²) < 4.78 is 11.4. The van der Waals surface area contributed by atoms with E-state index in [1.165, 1.54) is 0 Å². The number of nitrogens with zero attached hydrogens (tertiary/aromatic N) is 3. The van der Waals surface area contributed by atoms with Gasteiger partial charge in [0.25, 0.3) is 5.91 Å². The zero-order valence-corrected chi connectivity index (χ0v) is 15.7. The molecule has 29 heavy (non-hydrogen) atoms. The van der Waals surface area contributed by atoms with Crippen LogP contribution in [0.5, 0.6) is 5.88 Å². The molecular weight excluding hydrogens is 366 g/mol. The average Bonchev–Trinajstić information content (AvgIpc) is 3.44. The van der Waals surface area contributed by atoms with E-state index in [1.807, 2.05) is 66.7 Å². The van der Waals surface area contributed by atoms with Crippen molar-refractivity contribution in [2.75, 3.05) is 13.1 Å². The van der Waals surface area contributed by atoms with E-state index in [4.69, 9.17) is 9.26 Å². The third-order valence-electron chi connectivity index (χ3n) is 5.08. The van der Waals surface area contributed by atoms with Gasteiger partial charge in [0.15, 0.2) is 11.5 Å². The Bertz CT molecular complexity index is 1160. The SMILES string of the molecule is O=C(c1cc(-c2ccccc2)on1)N1CCC(Oc2ccc3ccccc3n2)C1. The Morgan fingerprint density at radius 1 is 1.03 bits per heavy atom. The number of rotatable bonds is 4. The molecule has 0 radical (unpaired) electrons. The van der Waals surface area contributed by atoms with Gasteiger partial charge in [-0.05, 0) is 12.1 Å². The fraction of sp³-hybridized carbons (Fsp3) is 0.174. The van der Waals surface area contributed by atoms with Gasteiger partial charge in [-0.3, -0.25) is 4.79 Å². The first-order chi connectivity index (χ1) is 14.3. The fourth-order valence-corrected chi connectivity index (χ4v) is 3.57. The van der Waals surface area contributed by atoms with Crippen molar-refractivity contribution in [3.05, 3.63) is 78.5 Å². The highest BCUT2D eigenvalue weighted by molar-refractivity contribution is 5.93. The van der Waals surface area contributed by atoms with Crippen molar-refractivity contribution in [1.29, 1.82) is 0 Å². The number of carbonyl (C=O) groups is 1. The molecule has 144 valence electrons. The Balaban J connectivity index is 1.25. The smallest absolute Gasteiger partial charge is 0.276 e. The summed E-state index contributed by atoms with van der Waals surface area (Å²) in [7, 11) is 0. The number of amides is 1. The predicted molar refractivity (Wildman–Crippen MR) is 109 cm³/mol. The molecule has 0 aliphatic carbocycles. The monoisotopic (exact) mass is 385 g/mol. The third-order valence-corrected chi connectivity index (χ3v) is 5.08. The van der Waals surface area contributed by atoms with Crippen LogP contribution in [0.3, 0.4) is 0 Å². The standard InChI is InChI=1S/C23H19N3O3/c27-23(20-14-21(29-25-20)17-7-2-1-3-8-17)26-13-12-18(15-26)28-22-11-10-16-6-4-5-9-19(16)24-22/h1-11,14,18H,12-13,15H2. The van der Waals surface area contributed by atoms with Gasteiger partial charge >= 0.3 is 0 Å². The van der Waals surface area contributed by atoms with Gasteiger partial charge in [-0.1, -0.05) is 53.7 Å². The Morgan fingerprint density at radius 2 is 1.86 bits per heavy atom. The largest absolute Gasteiger partial charge is 0.472 e. The maximum absolute atomic E-state index is 12.8. The number of aromatic nitrogens is 2. The lowest BCUT2D eigenvalue weighted by molar-refractivity contribution is 0.0761. The lowest BCUT2D eigenvalue weighted by Gasteiger charge is -2.15. The van der Waals surface area contributed by atoms with Crippen LogP contribution in [0.2, 0.25) is 0 Å². The van der Waals surface area contributed by atoms with Gasteiger partial charge in [-0.2, -0.15) is 0 Å². The molecule has 5 rings (SSSR count). The second-order valence-electron chi connectivity index (χ2n) is 7.06. The number of hydrogen-bond acceptors (Lipinski definition) is 5. The summed E-state index contributed by atoms with van der Waals surface area (Å²) in [6, 6.07) is 23.1. The number of para-hydroxylation sites is 1. The van der Waals surface area contributed by atoms with Crippen molar-refractivity contribution in [1.82, 2.24) is 15.0 Å². The summed E-state index contributed by atoms with van der Waals surface area (Å²) >= 11 is 0. The van der Waals surface area contributed by atoms with Gasteiger partial charge in [-0.25, -0.2) is 4.98 Å². The first kappa shape index (κ1) is 17.4. The summed E-state index contributed by atoms with van der Waals surface area (Å²) in [5.74, 6) is 1.02. The number of ether oxygens (including phenoxy) is 1. The normalized spacial score (nSPS) is 16.3. The van der Waals surface area contributed by atoms with Crippen molar-refractivity contribution >= 4 is 16.8 Å². The highest BCUT2D eigenvalue weighted by Gasteiger charge is 2.30. The molecule has 2 aromatic carbocycles. The Kier molecular flexibility index (Phi) is 4.44. The highest BCUT2D eigenvalue weighted by Crippen LogP contribution is 2.23. The summed E-state index contributed by atoms with van der Waals surface area (Å²) in [6.07, 6.45) is 0.664. The molecule has 4 aromatic rings. The minimum atomic E-state index is -0.145. The molecule has 6 heteroatoms. The van der Waals surface area contributed by atoms with Crippen LogP contribution in [-0.2, 0) is 0 Å². The van der Waals surface area contributed by atoms with E-state index in [9.17, 15) is 4.79 Å². The molecule has 2 aromatic heterocycles. The number of fused-ring (bicyclic) bond motifs is 1. The molecule has 1 unspecified atom stereocenters. The summed E-state index contributed by atoms with van der Waals surface area (Å²) in [4.78, 5) is 19.1. The van der Waals surface area contributed by atoms with Crippen LogP contribution in [0.25, 0.3) is 22.2 Å². The second-order valence-corrected chi connectivity index (χ2v) is 7.06. The third kappa shape index (κ3) is 3.57. The first-order valence-corrected chi connectivity index (χ1v) is 9.60. The van der Waals surface area contributed by atoms with Gasteiger partial charge in [0, 0.05) is 36.0 Å². The minimum Gasteiger partial charge on any atom is -0.472 e. The van der Waals surface area contributed by atoms with E-state index in [0.717, 1.165) is 22.9 Å². The molecule has 3 heterocycles. The highest BCUT2D eigenvalue weighted by atomic mass is 16.5. The molecule has 0 saturated carbocycles. The quantitative estimate of drug-likeness (QED) is 0.527. The maximum Gasteiger partial charge on any atom is 0.276 e. The molecule has 1 fully saturated rings. The van der Waals surface area contributed by atoms with Gasteiger partial charge in [0.1, 0.15) is 6.10 Å². The lowest BCUT2D eigenvalue weighted by Crippen LogP contribution is -2.31. The number of benzene rings is 2. The average molecular weight is 385 g/mol. The van der Waals surface area contributed by atoms with E-state index in [2.05, 4.69) is 10.1 Å². The van der Waals surface area contributed by atoms with Gasteiger partial charge in [0.2, 0.25) is 5.88 Å². The molecule has 1 saturated heterocycles. The maximum atomic E-state index is 12.8. The minimum absolute atomic E-state index is 0.0897. The van der Waals surface area contributed by atoms with Crippen molar-refractivity contribution in [3.8, 4) is 17.2 Å². The molecule has 1 aliphatic rings. The Morgan fingerprint density at radius 3 is 2.76 bits per heavy atom. The van der Waals surface area contributed by atoms with Crippen molar-refractivity contribution in [2.45, 2.75) is 12.5 Å². The molecule has 1 aliphatic heterocycles. The van der Waals surface area contributed by atoms with Gasteiger partial charge in [0.05, 0.1) is 12.1 Å². The van der Waals surface area contributed by atoms with E-state index in [-0.39, 0.29) is 12.0 Å². The molecule has 0 bridgehead atoms. The summed E-state index contributed by atoms with van der Waals surface area (Å²) in [6.45, 7) is 1.12. The summed E-state index contributed by atoms with van der Waals surface area (Å²) in [5, 5.41) is 5.03. The van der Waals surface area contributed by atoms with E-state index in [0.29, 0.717) is 30.4 Å². The van der Waals surface area contributed by atoms with E-state index >= 15 is 0 Å². The van der Waals surface area contributed by atoms with Crippen molar-refractivity contribution < 1.29 is 14.1 Å². The number of carbonyl (C=O) groups excluding carboxylic acids is 1. The van der Waals surface area contributed by atoms with Crippen LogP contribution in [-0.4, -0.2) is 40.1 Å². The van der Waals surface area contributed by atoms with Crippen LogP contribution in [0.1, 0.15) is 16.9 Å². The topological polar surface area (TPSA) is 68.5 Å². The molecule has 1 atom stereocenters. The van der Waals surface area contributed by atoms with E-state index < -0.39 is 0 Å². The lowest BCUT2D eigenvalue weighted by atomic mass is 10.1. The number of hydrogen-bond donors (Lipinski definition) is 0. The predicted octanol–water partition coefficient (Wildman–Crippen LogP) is 4.18. The van der Waals surface area contributed by atoms with Crippen LogP contribution in [0.4, 0.5) is 0 Å². The molecule has 6 nitrogen and oxygen atoms in total. The number of likely N-dealkylation sites (tertiary alicyclic amines) is 1. The van der Waals surface area contributed by atoms with Gasteiger partial charge < -0.3 is 14.2 Å². The van der Waals surface area contributed by atoms with E-state index in [1.54, 1.807) is 11.0 Å². The second kappa shape index (κ2) is 7.39. The Labute approximate surface area is 167 Å². The Hall–Kier alpha value is -3.67. The van der Waals surface area contributed by atoms with Crippen LogP contribution >= 0.6 is 0 Å². The number of pyridine rings is 1. The van der Waals surface area contributed by atoms with Gasteiger partial charge in [-0.15, -0.1) is 0 Å². The summed E-state index contributed by atoms with van der Waals surface area (Å²) in [5.41, 5.74) is 2.10. The molecule has 1 amide bonds. The van der Waals surface area contributed by atoms with Crippen molar-refractivity contribution in [2.24, 2.45) is 0 Å². The molecule has 0 spiro atoms. The molecule has 0 N–H and O–H groups in total. The zero-order valence-electron chi connectivity index (χ0n) is 15.7. The fourth-order valence-electron chi connectivity index (χ4n) is 3.57. The van der Waals surface area contributed by atoms with Crippen molar-refractivity contribution in [3.63, 3.8) is 0 Å². The van der Waals surface area contributed by atoms with Crippen LogP contribution < -0.4 is 4.74 Å². The van der Waals surface area contributed by atoms with Crippen LogP contribution in [0.15, 0.2) is 77.3 Å². The molecular formula is C23H19N3O3. The first-order valence-electron chi connectivity index (χ1n) is 9.60. The zero-order chi connectivity index (χ0) is 19.6. The van der Waals surface area contributed by atoms with Crippen LogP contribution in [0, 0.1) is 0 Å².